The van der Waals surface area contributed by atoms with E-state index in [9.17, 15) is 4.79 Å². The molecule has 0 fully saturated rings. The molecule has 1 heterocycles. The van der Waals surface area contributed by atoms with Gasteiger partial charge in [-0.25, -0.2) is 13.9 Å². The topological polar surface area (TPSA) is 53.6 Å². The number of ether oxygens (including phenoxy) is 3. The summed E-state index contributed by atoms with van der Waals surface area (Å²) < 4.78 is 19.9. The molecule has 0 radical (unpaired) electrons. The second-order valence-corrected chi connectivity index (χ2v) is 7.34. The van der Waals surface area contributed by atoms with Crippen molar-refractivity contribution in [2.75, 3.05) is 25.2 Å². The van der Waals surface area contributed by atoms with Crippen LogP contribution in [0.4, 0.5) is 4.79 Å². The first kappa shape index (κ1) is 21.0. The lowest BCUT2D eigenvalue weighted by Crippen LogP contribution is -2.32. The van der Waals surface area contributed by atoms with E-state index in [2.05, 4.69) is 52.2 Å². The van der Waals surface area contributed by atoms with Crippen LogP contribution >= 0.6 is 15.9 Å². The third-order valence-electron chi connectivity index (χ3n) is 3.12. The monoisotopic (exact) mass is 405 g/mol. The third kappa shape index (κ3) is 10.6. The molecule has 0 saturated carbocycles. The average molecular weight is 406 g/mol. The van der Waals surface area contributed by atoms with E-state index >= 15 is 0 Å². The molecule has 0 amide bonds. The van der Waals surface area contributed by atoms with E-state index in [0.717, 1.165) is 44.3 Å². The Bertz CT molecular complexity index is 471. The van der Waals surface area contributed by atoms with Crippen LogP contribution in [-0.2, 0) is 27.3 Å². The van der Waals surface area contributed by atoms with Crippen LogP contribution in [0.5, 0.6) is 0 Å². The number of hydrogen-bond acceptors (Lipinski definition) is 4. The molecule has 0 aromatic carbocycles. The Morgan fingerprint density at radius 1 is 1.12 bits per heavy atom. The Morgan fingerprint density at radius 3 is 2.50 bits per heavy atom. The molecule has 0 unspecified atom stereocenters. The van der Waals surface area contributed by atoms with Gasteiger partial charge in [0.15, 0.2) is 0 Å². The summed E-state index contributed by atoms with van der Waals surface area (Å²) in [7, 11) is 0. The van der Waals surface area contributed by atoms with Crippen molar-refractivity contribution in [3.8, 4) is 0 Å². The Hall–Kier alpha value is -1.08. The maximum absolute atomic E-state index is 11.3. The predicted octanol–water partition coefficient (Wildman–Crippen LogP) is 3.31. The molecule has 0 atom stereocenters. The van der Waals surface area contributed by atoms with E-state index in [-0.39, 0.29) is 5.60 Å². The third-order valence-corrected chi connectivity index (χ3v) is 3.68. The normalized spacial score (nSPS) is 11.5. The zero-order chi connectivity index (χ0) is 17.8. The summed E-state index contributed by atoms with van der Waals surface area (Å²) in [6, 6.07) is 0. The van der Waals surface area contributed by atoms with Crippen molar-refractivity contribution < 1.29 is 23.6 Å². The summed E-state index contributed by atoms with van der Waals surface area (Å²) in [5.74, 6) is 0. The van der Waals surface area contributed by atoms with Crippen LogP contribution in [-0.4, -0.2) is 41.5 Å². The summed E-state index contributed by atoms with van der Waals surface area (Å²) in [4.78, 5) is 11.3. The number of carbonyl (C=O) groups excluding carboxylic acids is 1. The number of aryl methyl sites for hydroxylation is 2. The maximum Gasteiger partial charge on any atom is 0.508 e. The van der Waals surface area contributed by atoms with Crippen LogP contribution in [0, 0.1) is 0 Å². The fourth-order valence-corrected chi connectivity index (χ4v) is 2.21. The van der Waals surface area contributed by atoms with E-state index < -0.39 is 6.16 Å². The summed E-state index contributed by atoms with van der Waals surface area (Å²) >= 11 is 3.28. The molecule has 0 saturated heterocycles. The number of hydrogen-bond donors (Lipinski definition) is 0. The minimum Gasteiger partial charge on any atom is -0.434 e. The minimum atomic E-state index is -0.586. The highest BCUT2D eigenvalue weighted by Gasteiger charge is 2.10. The Morgan fingerprint density at radius 2 is 1.83 bits per heavy atom. The van der Waals surface area contributed by atoms with Gasteiger partial charge in [0.1, 0.15) is 12.4 Å². The van der Waals surface area contributed by atoms with Crippen molar-refractivity contribution in [2.24, 2.45) is 0 Å². The molecule has 1 aromatic rings. The van der Waals surface area contributed by atoms with E-state index in [1.807, 2.05) is 12.4 Å². The molecule has 24 heavy (non-hydrogen) atoms. The highest BCUT2D eigenvalue weighted by Crippen LogP contribution is 2.07. The van der Waals surface area contributed by atoms with Gasteiger partial charge in [-0.05, 0) is 27.2 Å². The van der Waals surface area contributed by atoms with Crippen LogP contribution in [0.3, 0.4) is 0 Å². The lowest BCUT2D eigenvalue weighted by molar-refractivity contribution is -0.697. The van der Waals surface area contributed by atoms with Gasteiger partial charge in [-0.1, -0.05) is 15.9 Å². The fourth-order valence-electron chi connectivity index (χ4n) is 1.98. The highest BCUT2D eigenvalue weighted by molar-refractivity contribution is 9.09. The van der Waals surface area contributed by atoms with E-state index in [1.54, 1.807) is 0 Å². The van der Waals surface area contributed by atoms with Gasteiger partial charge in [-0.3, -0.25) is 0 Å². The first-order valence-electron chi connectivity index (χ1n) is 8.45. The van der Waals surface area contributed by atoms with Gasteiger partial charge in [0.25, 0.3) is 0 Å². The number of aromatic nitrogens is 2. The molecule has 1 rings (SSSR count). The molecule has 0 N–H and O–H groups in total. The first-order valence-corrected chi connectivity index (χ1v) is 9.57. The number of alkyl halides is 1. The van der Waals surface area contributed by atoms with Crippen molar-refractivity contribution in [3.63, 3.8) is 0 Å². The second kappa shape index (κ2) is 11.5. The standard InChI is InChI=1S/C17H30BrN2O4/c1-17(2,3)24-14-6-9-20-11-10-19(15-20)8-5-13-23-16(21)22-12-4-7-18/h10-11,15H,4-9,12-14H2,1-3H3/q+1. The van der Waals surface area contributed by atoms with Crippen molar-refractivity contribution in [3.05, 3.63) is 18.7 Å². The van der Waals surface area contributed by atoms with Crippen molar-refractivity contribution >= 4 is 22.1 Å². The summed E-state index contributed by atoms with van der Waals surface area (Å²) in [6.45, 7) is 9.44. The van der Waals surface area contributed by atoms with E-state index in [1.165, 1.54) is 0 Å². The zero-order valence-electron chi connectivity index (χ0n) is 15.0. The molecule has 0 aliphatic rings. The smallest absolute Gasteiger partial charge is 0.434 e. The molecular formula is C17H30BrN2O4+. The molecule has 138 valence electrons. The van der Waals surface area contributed by atoms with Crippen LogP contribution in [0.15, 0.2) is 18.7 Å². The van der Waals surface area contributed by atoms with Crippen molar-refractivity contribution in [2.45, 2.75) is 58.7 Å². The zero-order valence-corrected chi connectivity index (χ0v) is 16.6. The lowest BCUT2D eigenvalue weighted by atomic mass is 10.2. The summed E-state index contributed by atoms with van der Waals surface area (Å²) in [5.41, 5.74) is -0.0774. The Balaban J connectivity index is 2.10. The second-order valence-electron chi connectivity index (χ2n) is 6.55. The van der Waals surface area contributed by atoms with Gasteiger partial charge >= 0.3 is 6.16 Å². The number of halogens is 1. The Kier molecular flexibility index (Phi) is 10.0. The average Bonchev–Trinajstić information content (AvgIpc) is 2.95. The molecule has 0 aliphatic heterocycles. The minimum absolute atomic E-state index is 0.0774. The quantitative estimate of drug-likeness (QED) is 0.245. The maximum atomic E-state index is 11.3. The SMILES string of the molecule is CC(C)(C)OCCCn1cc[n+](CCCOC(=O)OCCCBr)c1. The van der Waals surface area contributed by atoms with E-state index in [0.29, 0.717) is 13.2 Å². The van der Waals surface area contributed by atoms with Crippen LogP contribution in [0.25, 0.3) is 0 Å². The molecule has 0 bridgehead atoms. The molecule has 1 aromatic heterocycles. The predicted molar refractivity (Wildman–Crippen MR) is 95.3 cm³/mol. The van der Waals surface area contributed by atoms with Crippen LogP contribution < -0.4 is 4.57 Å². The molecule has 0 aliphatic carbocycles. The van der Waals surface area contributed by atoms with Gasteiger partial charge in [-0.15, -0.1) is 0 Å². The fraction of sp³-hybridized carbons (Fsp3) is 0.765. The largest absolute Gasteiger partial charge is 0.508 e. The van der Waals surface area contributed by atoms with Crippen molar-refractivity contribution in [1.82, 2.24) is 4.57 Å². The van der Waals surface area contributed by atoms with Gasteiger partial charge in [0.2, 0.25) is 6.33 Å². The van der Waals surface area contributed by atoms with Gasteiger partial charge in [0.05, 0.1) is 38.5 Å². The number of carbonyl (C=O) groups is 1. The van der Waals surface area contributed by atoms with Gasteiger partial charge in [-0.2, -0.15) is 0 Å². The highest BCUT2D eigenvalue weighted by atomic mass is 79.9. The number of imidazole rings is 1. The van der Waals surface area contributed by atoms with Crippen LogP contribution in [0.2, 0.25) is 0 Å². The summed E-state index contributed by atoms with van der Waals surface area (Å²) in [5, 5.41) is 0.816. The number of rotatable bonds is 11. The first-order chi connectivity index (χ1) is 11.4. The molecular weight excluding hydrogens is 376 g/mol. The molecule has 6 nitrogen and oxygen atoms in total. The van der Waals surface area contributed by atoms with Gasteiger partial charge < -0.3 is 14.2 Å². The lowest BCUT2D eigenvalue weighted by Gasteiger charge is -2.18. The van der Waals surface area contributed by atoms with Gasteiger partial charge in [0, 0.05) is 18.2 Å². The molecule has 0 spiro atoms. The van der Waals surface area contributed by atoms with E-state index in [4.69, 9.17) is 14.2 Å². The van der Waals surface area contributed by atoms with Crippen LogP contribution in [0.1, 0.15) is 40.0 Å². The summed E-state index contributed by atoms with van der Waals surface area (Å²) in [6.07, 6.45) is 8.08. The van der Waals surface area contributed by atoms with Crippen molar-refractivity contribution in [1.29, 1.82) is 0 Å². The molecule has 7 heteroatoms. The Labute approximate surface area is 153 Å². The number of nitrogens with zero attached hydrogens (tertiary/aromatic N) is 2.